The first-order valence-corrected chi connectivity index (χ1v) is 6.87. The van der Waals surface area contributed by atoms with Gasteiger partial charge in [0.1, 0.15) is 0 Å². The Labute approximate surface area is 98.0 Å². The average Bonchev–Trinajstić information content (AvgIpc) is 2.67. The molecule has 0 amide bonds. The van der Waals surface area contributed by atoms with Crippen molar-refractivity contribution < 1.29 is 0 Å². The van der Waals surface area contributed by atoms with Gasteiger partial charge in [0.25, 0.3) is 0 Å². The third kappa shape index (κ3) is 6.19. The molecule has 0 aromatic rings. The molecule has 0 heterocycles. The Bertz CT molecular complexity index is 119. The molecule has 1 rings (SSSR count). The molecule has 0 aromatic carbocycles. The molecule has 1 saturated carbocycles. The Morgan fingerprint density at radius 2 is 1.73 bits per heavy atom. The first kappa shape index (κ1) is 17.4. The van der Waals surface area contributed by atoms with Gasteiger partial charge in [0.05, 0.1) is 0 Å². The van der Waals surface area contributed by atoms with Gasteiger partial charge in [0.15, 0.2) is 0 Å². The smallest absolute Gasteiger partial charge is 0.000480 e. The fourth-order valence-electron chi connectivity index (χ4n) is 2.48. The zero-order valence-corrected chi connectivity index (χ0v) is 12.1. The summed E-state index contributed by atoms with van der Waals surface area (Å²) >= 11 is 0. The van der Waals surface area contributed by atoms with Gasteiger partial charge >= 0.3 is 0 Å². The van der Waals surface area contributed by atoms with E-state index in [4.69, 9.17) is 0 Å². The lowest BCUT2D eigenvalue weighted by molar-refractivity contribution is 0.267. The summed E-state index contributed by atoms with van der Waals surface area (Å²) in [6.07, 6.45) is 5.66. The van der Waals surface area contributed by atoms with Crippen LogP contribution in [0.3, 0.4) is 0 Å². The van der Waals surface area contributed by atoms with Gasteiger partial charge in [0.2, 0.25) is 0 Å². The van der Waals surface area contributed by atoms with Gasteiger partial charge in [-0.05, 0) is 37.6 Å². The maximum absolute atomic E-state index is 3.32. The predicted molar refractivity (Wildman–Crippen MR) is 72.4 cm³/mol. The second kappa shape index (κ2) is 10.5. The number of hydrogen-bond acceptors (Lipinski definition) is 1. The van der Waals surface area contributed by atoms with E-state index in [2.05, 4.69) is 26.2 Å². The van der Waals surface area contributed by atoms with Gasteiger partial charge in [-0.1, -0.05) is 48.0 Å². The summed E-state index contributed by atoms with van der Waals surface area (Å²) in [6, 6.07) is 0. The minimum absolute atomic E-state index is 0.647. The summed E-state index contributed by atoms with van der Waals surface area (Å²) in [4.78, 5) is 0. The summed E-state index contributed by atoms with van der Waals surface area (Å²) < 4.78 is 0. The Hall–Kier alpha value is -0.0400. The standard InChI is InChI=1S/C10H21N.2C2H6/c1-4-10(8-11-3)6-5-9(2)7-10;2*1-2/h9,11H,4-8H2,1-3H3;2*1-2H3. The fourth-order valence-corrected chi connectivity index (χ4v) is 2.48. The highest BCUT2D eigenvalue weighted by Gasteiger charge is 2.34. The molecule has 15 heavy (non-hydrogen) atoms. The molecule has 1 aliphatic carbocycles. The van der Waals surface area contributed by atoms with Gasteiger partial charge in [-0.25, -0.2) is 0 Å². The quantitative estimate of drug-likeness (QED) is 0.732. The molecule has 0 aromatic heterocycles. The van der Waals surface area contributed by atoms with E-state index in [0.29, 0.717) is 5.41 Å². The van der Waals surface area contributed by atoms with Crippen LogP contribution in [-0.4, -0.2) is 13.6 Å². The SMILES string of the molecule is CC.CC.CCC1(CNC)CCC(C)C1. The summed E-state index contributed by atoms with van der Waals surface area (Å²) in [5, 5.41) is 3.32. The molecule has 1 fully saturated rings. The van der Waals surface area contributed by atoms with Crippen LogP contribution in [0.4, 0.5) is 0 Å². The third-order valence-corrected chi connectivity index (χ3v) is 3.25. The van der Waals surface area contributed by atoms with E-state index >= 15 is 0 Å². The van der Waals surface area contributed by atoms with E-state index in [1.54, 1.807) is 0 Å². The second-order valence-corrected chi connectivity index (χ2v) is 4.23. The monoisotopic (exact) mass is 215 g/mol. The van der Waals surface area contributed by atoms with Crippen molar-refractivity contribution in [2.45, 2.75) is 67.2 Å². The van der Waals surface area contributed by atoms with Crippen molar-refractivity contribution in [3.05, 3.63) is 0 Å². The molecule has 0 spiro atoms. The molecule has 1 N–H and O–H groups in total. The Balaban J connectivity index is 0. The van der Waals surface area contributed by atoms with Crippen molar-refractivity contribution in [2.75, 3.05) is 13.6 Å². The van der Waals surface area contributed by atoms with Gasteiger partial charge in [-0.15, -0.1) is 0 Å². The van der Waals surface area contributed by atoms with Crippen molar-refractivity contribution in [3.63, 3.8) is 0 Å². The maximum atomic E-state index is 3.32. The zero-order chi connectivity index (χ0) is 12.3. The van der Waals surface area contributed by atoms with Crippen molar-refractivity contribution >= 4 is 0 Å². The predicted octanol–water partition coefficient (Wildman–Crippen LogP) is 4.47. The number of rotatable bonds is 3. The fraction of sp³-hybridized carbons (Fsp3) is 1.00. The molecule has 1 nitrogen and oxygen atoms in total. The molecule has 2 unspecified atom stereocenters. The molecule has 1 aliphatic rings. The van der Waals surface area contributed by atoms with Gasteiger partial charge < -0.3 is 5.32 Å². The minimum Gasteiger partial charge on any atom is -0.319 e. The van der Waals surface area contributed by atoms with E-state index < -0.39 is 0 Å². The Morgan fingerprint density at radius 3 is 2.00 bits per heavy atom. The van der Waals surface area contributed by atoms with Crippen LogP contribution in [-0.2, 0) is 0 Å². The van der Waals surface area contributed by atoms with Gasteiger partial charge in [-0.3, -0.25) is 0 Å². The van der Waals surface area contributed by atoms with Crippen molar-refractivity contribution in [3.8, 4) is 0 Å². The Morgan fingerprint density at radius 1 is 1.20 bits per heavy atom. The van der Waals surface area contributed by atoms with E-state index in [1.807, 2.05) is 27.7 Å². The molecule has 0 aliphatic heterocycles. The lowest BCUT2D eigenvalue weighted by Gasteiger charge is -2.27. The molecule has 2 atom stereocenters. The number of hydrogen-bond donors (Lipinski definition) is 1. The van der Waals surface area contributed by atoms with Crippen LogP contribution in [0, 0.1) is 11.3 Å². The van der Waals surface area contributed by atoms with E-state index in [0.717, 1.165) is 5.92 Å². The molecule has 0 saturated heterocycles. The van der Waals surface area contributed by atoms with Crippen LogP contribution >= 0.6 is 0 Å². The first-order valence-electron chi connectivity index (χ1n) is 6.87. The number of nitrogens with one attached hydrogen (secondary N) is 1. The van der Waals surface area contributed by atoms with Gasteiger partial charge in [-0.2, -0.15) is 0 Å². The van der Waals surface area contributed by atoms with Crippen LogP contribution in [0.25, 0.3) is 0 Å². The molecule has 94 valence electrons. The molecular weight excluding hydrogens is 182 g/mol. The second-order valence-electron chi connectivity index (χ2n) is 4.23. The molecule has 0 radical (unpaired) electrons. The Kier molecular flexibility index (Phi) is 12.1. The van der Waals surface area contributed by atoms with E-state index in [1.165, 1.54) is 32.2 Å². The maximum Gasteiger partial charge on any atom is 0.000480 e. The summed E-state index contributed by atoms with van der Waals surface area (Å²) in [7, 11) is 2.07. The highest BCUT2D eigenvalue weighted by molar-refractivity contribution is 4.87. The molecule has 1 heteroatoms. The van der Waals surface area contributed by atoms with Crippen molar-refractivity contribution in [1.29, 1.82) is 0 Å². The van der Waals surface area contributed by atoms with Crippen molar-refractivity contribution in [1.82, 2.24) is 5.32 Å². The average molecular weight is 215 g/mol. The topological polar surface area (TPSA) is 12.0 Å². The van der Waals surface area contributed by atoms with Crippen LogP contribution in [0.15, 0.2) is 0 Å². The van der Waals surface area contributed by atoms with Crippen LogP contribution in [0.1, 0.15) is 67.2 Å². The van der Waals surface area contributed by atoms with Crippen LogP contribution in [0.5, 0.6) is 0 Å². The lowest BCUT2D eigenvalue weighted by Crippen LogP contribution is -2.29. The lowest BCUT2D eigenvalue weighted by atomic mass is 9.82. The molecular formula is C14H33N. The largest absolute Gasteiger partial charge is 0.319 e. The summed E-state index contributed by atoms with van der Waals surface area (Å²) in [5.74, 6) is 0.961. The normalized spacial score (nSPS) is 28.6. The van der Waals surface area contributed by atoms with Gasteiger partial charge in [0, 0.05) is 6.54 Å². The van der Waals surface area contributed by atoms with E-state index in [9.17, 15) is 0 Å². The first-order chi connectivity index (χ1) is 7.22. The molecule has 0 bridgehead atoms. The summed E-state index contributed by atoms with van der Waals surface area (Å²) in [6.45, 7) is 13.9. The summed E-state index contributed by atoms with van der Waals surface area (Å²) in [5.41, 5.74) is 0.647. The van der Waals surface area contributed by atoms with Crippen molar-refractivity contribution in [2.24, 2.45) is 11.3 Å². The zero-order valence-electron chi connectivity index (χ0n) is 12.1. The highest BCUT2D eigenvalue weighted by Crippen LogP contribution is 2.43. The highest BCUT2D eigenvalue weighted by atomic mass is 14.8. The third-order valence-electron chi connectivity index (χ3n) is 3.25. The minimum atomic E-state index is 0.647. The van der Waals surface area contributed by atoms with E-state index in [-0.39, 0.29) is 0 Å². The van der Waals surface area contributed by atoms with Crippen LogP contribution in [0.2, 0.25) is 0 Å². The van der Waals surface area contributed by atoms with Crippen LogP contribution < -0.4 is 5.32 Å².